The van der Waals surface area contributed by atoms with Gasteiger partial charge in [-0.3, -0.25) is 4.79 Å². The fraction of sp³-hybridized carbons (Fsp3) is 0.259. The van der Waals surface area contributed by atoms with Gasteiger partial charge in [-0.25, -0.2) is 4.79 Å². The van der Waals surface area contributed by atoms with Gasteiger partial charge in [0, 0.05) is 44.1 Å². The number of hydrogen-bond acceptors (Lipinski definition) is 3. The van der Waals surface area contributed by atoms with Gasteiger partial charge < -0.3 is 20.4 Å². The van der Waals surface area contributed by atoms with Crippen LogP contribution in [0, 0.1) is 6.92 Å². The molecule has 6 nitrogen and oxygen atoms in total. The van der Waals surface area contributed by atoms with Gasteiger partial charge in [0.25, 0.3) is 0 Å². The third-order valence-electron chi connectivity index (χ3n) is 6.02. The molecule has 4 rings (SSSR count). The second-order valence-electron chi connectivity index (χ2n) is 8.31. The largest absolute Gasteiger partial charge is 0.368 e. The van der Waals surface area contributed by atoms with E-state index in [9.17, 15) is 9.59 Å². The van der Waals surface area contributed by atoms with Gasteiger partial charge in [-0.1, -0.05) is 54.6 Å². The van der Waals surface area contributed by atoms with E-state index in [1.807, 2.05) is 90.7 Å². The van der Waals surface area contributed by atoms with E-state index in [4.69, 9.17) is 0 Å². The van der Waals surface area contributed by atoms with Crippen molar-refractivity contribution in [1.82, 2.24) is 10.2 Å². The van der Waals surface area contributed by atoms with Crippen LogP contribution in [0.3, 0.4) is 0 Å². The molecule has 1 aliphatic rings. The van der Waals surface area contributed by atoms with Crippen molar-refractivity contribution in [2.24, 2.45) is 0 Å². The lowest BCUT2D eigenvalue weighted by molar-refractivity contribution is -0.130. The standard InChI is InChI=1S/C27H30N4O2/c1-21-7-5-6-10-23(21)19-26(32)31-17-15-30(16-18-31)25-13-11-24(12-14-25)29-27(33)28-20-22-8-3-2-4-9-22/h2-14H,15-20H2,1H3,(H2,28,29,33). The molecule has 1 saturated heterocycles. The zero-order valence-corrected chi connectivity index (χ0v) is 19.0. The number of nitrogens with zero attached hydrogens (tertiary/aromatic N) is 2. The predicted octanol–water partition coefficient (Wildman–Crippen LogP) is 4.21. The van der Waals surface area contributed by atoms with Crippen molar-refractivity contribution in [1.29, 1.82) is 0 Å². The highest BCUT2D eigenvalue weighted by molar-refractivity contribution is 5.89. The highest BCUT2D eigenvalue weighted by atomic mass is 16.2. The summed E-state index contributed by atoms with van der Waals surface area (Å²) < 4.78 is 0. The Morgan fingerprint density at radius 3 is 2.18 bits per heavy atom. The Hall–Kier alpha value is -3.80. The summed E-state index contributed by atoms with van der Waals surface area (Å²) in [5.74, 6) is 0.185. The fourth-order valence-electron chi connectivity index (χ4n) is 4.01. The Morgan fingerprint density at radius 1 is 0.818 bits per heavy atom. The molecule has 33 heavy (non-hydrogen) atoms. The summed E-state index contributed by atoms with van der Waals surface area (Å²) >= 11 is 0. The molecule has 1 aliphatic heterocycles. The Balaban J connectivity index is 1.24. The number of benzene rings is 3. The van der Waals surface area contributed by atoms with Crippen LogP contribution in [-0.4, -0.2) is 43.0 Å². The van der Waals surface area contributed by atoms with Gasteiger partial charge in [-0.2, -0.15) is 0 Å². The van der Waals surface area contributed by atoms with Crippen molar-refractivity contribution in [3.05, 3.63) is 95.6 Å². The second kappa shape index (κ2) is 10.7. The SMILES string of the molecule is Cc1ccccc1CC(=O)N1CCN(c2ccc(NC(=O)NCc3ccccc3)cc2)CC1. The number of carbonyl (C=O) groups excluding carboxylic acids is 2. The number of urea groups is 1. The number of amides is 3. The molecule has 1 fully saturated rings. The van der Waals surface area contributed by atoms with Crippen molar-refractivity contribution in [2.45, 2.75) is 19.9 Å². The first-order valence-electron chi connectivity index (χ1n) is 11.3. The summed E-state index contributed by atoms with van der Waals surface area (Å²) in [4.78, 5) is 29.1. The molecule has 0 saturated carbocycles. The van der Waals surface area contributed by atoms with Gasteiger partial charge >= 0.3 is 6.03 Å². The van der Waals surface area contributed by atoms with Gasteiger partial charge in [0.2, 0.25) is 5.91 Å². The first-order chi connectivity index (χ1) is 16.1. The zero-order chi connectivity index (χ0) is 23.0. The molecular weight excluding hydrogens is 412 g/mol. The third kappa shape index (κ3) is 6.13. The van der Waals surface area contributed by atoms with Crippen LogP contribution >= 0.6 is 0 Å². The zero-order valence-electron chi connectivity index (χ0n) is 19.0. The molecule has 0 atom stereocenters. The molecule has 0 bridgehead atoms. The van der Waals surface area contributed by atoms with E-state index < -0.39 is 0 Å². The van der Waals surface area contributed by atoms with Crippen molar-refractivity contribution in [3.63, 3.8) is 0 Å². The number of carbonyl (C=O) groups is 2. The quantitative estimate of drug-likeness (QED) is 0.601. The monoisotopic (exact) mass is 442 g/mol. The highest BCUT2D eigenvalue weighted by Gasteiger charge is 2.21. The second-order valence-corrected chi connectivity index (χ2v) is 8.31. The van der Waals surface area contributed by atoms with Crippen molar-refractivity contribution in [2.75, 3.05) is 36.4 Å². The van der Waals surface area contributed by atoms with E-state index in [0.717, 1.165) is 41.2 Å². The van der Waals surface area contributed by atoms with Crippen molar-refractivity contribution in [3.8, 4) is 0 Å². The first-order valence-corrected chi connectivity index (χ1v) is 11.3. The van der Waals surface area contributed by atoms with E-state index >= 15 is 0 Å². The minimum absolute atomic E-state index is 0.185. The highest BCUT2D eigenvalue weighted by Crippen LogP contribution is 2.20. The molecule has 3 amide bonds. The number of rotatable bonds is 6. The van der Waals surface area contributed by atoms with E-state index in [2.05, 4.69) is 15.5 Å². The van der Waals surface area contributed by atoms with Crippen LogP contribution in [0.2, 0.25) is 0 Å². The van der Waals surface area contributed by atoms with Crippen molar-refractivity contribution >= 4 is 23.3 Å². The molecule has 0 radical (unpaired) electrons. The van der Waals surface area contributed by atoms with Gasteiger partial charge in [-0.05, 0) is 47.9 Å². The number of piperazine rings is 1. The topological polar surface area (TPSA) is 64.7 Å². The van der Waals surface area contributed by atoms with Crippen LogP contribution in [-0.2, 0) is 17.8 Å². The molecule has 1 heterocycles. The lowest BCUT2D eigenvalue weighted by atomic mass is 10.1. The molecule has 0 unspecified atom stereocenters. The minimum Gasteiger partial charge on any atom is -0.368 e. The molecule has 6 heteroatoms. The molecule has 3 aromatic rings. The number of hydrogen-bond donors (Lipinski definition) is 2. The molecule has 3 aromatic carbocycles. The maximum atomic E-state index is 12.7. The average molecular weight is 443 g/mol. The lowest BCUT2D eigenvalue weighted by Gasteiger charge is -2.36. The molecule has 170 valence electrons. The molecule has 0 spiro atoms. The Kier molecular flexibility index (Phi) is 7.25. The maximum Gasteiger partial charge on any atom is 0.319 e. The van der Waals surface area contributed by atoms with E-state index in [-0.39, 0.29) is 11.9 Å². The van der Waals surface area contributed by atoms with Crippen LogP contribution < -0.4 is 15.5 Å². The number of anilines is 2. The Morgan fingerprint density at radius 2 is 1.48 bits per heavy atom. The summed E-state index contributed by atoms with van der Waals surface area (Å²) in [6.07, 6.45) is 0.458. The summed E-state index contributed by atoms with van der Waals surface area (Å²) in [5.41, 5.74) is 5.15. The van der Waals surface area contributed by atoms with E-state index in [1.165, 1.54) is 0 Å². The first kappa shape index (κ1) is 22.4. The summed E-state index contributed by atoms with van der Waals surface area (Å²) in [6, 6.07) is 25.5. The average Bonchev–Trinajstić information content (AvgIpc) is 2.85. The number of nitrogens with one attached hydrogen (secondary N) is 2. The van der Waals surface area contributed by atoms with Crippen LogP contribution in [0.4, 0.5) is 16.2 Å². The summed E-state index contributed by atoms with van der Waals surface area (Å²) in [5, 5.41) is 5.73. The van der Waals surface area contributed by atoms with E-state index in [1.54, 1.807) is 0 Å². The van der Waals surface area contributed by atoms with Crippen LogP contribution in [0.25, 0.3) is 0 Å². The van der Waals surface area contributed by atoms with Crippen molar-refractivity contribution < 1.29 is 9.59 Å². The number of aryl methyl sites for hydroxylation is 1. The molecule has 0 aliphatic carbocycles. The summed E-state index contributed by atoms with van der Waals surface area (Å²) in [6.45, 7) is 5.55. The summed E-state index contributed by atoms with van der Waals surface area (Å²) in [7, 11) is 0. The van der Waals surface area contributed by atoms with Gasteiger partial charge in [0.05, 0.1) is 6.42 Å². The minimum atomic E-state index is -0.229. The van der Waals surface area contributed by atoms with Gasteiger partial charge in [-0.15, -0.1) is 0 Å². The van der Waals surface area contributed by atoms with Crippen LogP contribution in [0.5, 0.6) is 0 Å². The molecule has 0 aromatic heterocycles. The Bertz CT molecular complexity index is 1070. The van der Waals surface area contributed by atoms with Crippen LogP contribution in [0.15, 0.2) is 78.9 Å². The van der Waals surface area contributed by atoms with E-state index in [0.29, 0.717) is 26.1 Å². The predicted molar refractivity (Wildman–Crippen MR) is 132 cm³/mol. The van der Waals surface area contributed by atoms with Gasteiger partial charge in [0.1, 0.15) is 0 Å². The normalized spacial score (nSPS) is 13.5. The third-order valence-corrected chi connectivity index (χ3v) is 6.02. The smallest absolute Gasteiger partial charge is 0.319 e. The van der Waals surface area contributed by atoms with Crippen LogP contribution in [0.1, 0.15) is 16.7 Å². The van der Waals surface area contributed by atoms with Gasteiger partial charge in [0.15, 0.2) is 0 Å². The maximum absolute atomic E-state index is 12.7. The fourth-order valence-corrected chi connectivity index (χ4v) is 4.01. The molecule has 2 N–H and O–H groups in total. The molecular formula is C27H30N4O2. The Labute approximate surface area is 195 Å². The lowest BCUT2D eigenvalue weighted by Crippen LogP contribution is -2.49.